The molecule has 0 radical (unpaired) electrons. The Labute approximate surface area is 145 Å². The Morgan fingerprint density at radius 1 is 1.29 bits per heavy atom. The minimum absolute atomic E-state index is 0.101. The number of hydrogen-bond donors (Lipinski definition) is 0. The van der Waals surface area contributed by atoms with Crippen LogP contribution in [0.2, 0.25) is 0 Å². The largest absolute Gasteiger partial charge is 0.361 e. The third-order valence-corrected chi connectivity index (χ3v) is 5.99. The topological polar surface area (TPSA) is 62.5 Å². The number of aromatic nitrogens is 2. The number of fused-ring (bicyclic) bond motifs is 4. The summed E-state index contributed by atoms with van der Waals surface area (Å²) in [5.74, 6) is 1.21. The molecule has 24 heavy (non-hydrogen) atoms. The van der Waals surface area contributed by atoms with E-state index < -0.39 is 0 Å². The van der Waals surface area contributed by atoms with Gasteiger partial charge in [0.15, 0.2) is 0 Å². The summed E-state index contributed by atoms with van der Waals surface area (Å²) in [6.45, 7) is 7.09. The lowest BCUT2D eigenvalue weighted by molar-refractivity contribution is -0.140. The third-order valence-electron chi connectivity index (χ3n) is 5.22. The molecule has 2 atom stereocenters. The molecule has 2 aromatic rings. The lowest BCUT2D eigenvalue weighted by atomic mass is 9.93. The molecule has 0 unspecified atom stereocenters. The summed E-state index contributed by atoms with van der Waals surface area (Å²) in [6.07, 6.45) is 3.92. The number of carbonyl (C=O) groups is 1. The first-order chi connectivity index (χ1) is 11.6. The standard InChI is InChI=1S/C17H22N4O2S/c1-11-15(12(2)23-19-11)9-21-14-4-3-13(17(21)22)7-20(8-14)10-16-18-5-6-24-16/h5-6,13-14H,3-4,7-10H2,1-2H3/t13-,14+/m1/s1. The molecule has 0 aromatic carbocycles. The normalized spacial score (nSPS) is 24.6. The first-order valence-electron chi connectivity index (χ1n) is 8.44. The molecule has 5 heterocycles. The van der Waals surface area contributed by atoms with Crippen LogP contribution in [0.15, 0.2) is 16.1 Å². The number of amides is 1. The number of piperidine rings is 1. The highest BCUT2D eigenvalue weighted by molar-refractivity contribution is 7.09. The molecular weight excluding hydrogens is 324 g/mol. The van der Waals surface area contributed by atoms with Crippen molar-refractivity contribution in [3.8, 4) is 0 Å². The molecule has 1 amide bonds. The Hall–Kier alpha value is -1.73. The van der Waals surface area contributed by atoms with Crippen molar-refractivity contribution in [3.63, 3.8) is 0 Å². The van der Waals surface area contributed by atoms with Crippen molar-refractivity contribution in [2.75, 3.05) is 13.1 Å². The van der Waals surface area contributed by atoms with Gasteiger partial charge < -0.3 is 9.42 Å². The summed E-state index contributed by atoms with van der Waals surface area (Å²) in [7, 11) is 0. The predicted octanol–water partition coefficient (Wildman–Crippen LogP) is 2.37. The van der Waals surface area contributed by atoms with E-state index in [4.69, 9.17) is 4.52 Å². The van der Waals surface area contributed by atoms with Crippen LogP contribution in [0.1, 0.15) is 34.9 Å². The maximum Gasteiger partial charge on any atom is 0.227 e. The van der Waals surface area contributed by atoms with Crippen molar-refractivity contribution >= 4 is 17.2 Å². The van der Waals surface area contributed by atoms with Gasteiger partial charge in [-0.25, -0.2) is 4.98 Å². The van der Waals surface area contributed by atoms with Crippen molar-refractivity contribution in [2.24, 2.45) is 5.92 Å². The molecule has 0 saturated carbocycles. The minimum Gasteiger partial charge on any atom is -0.361 e. The van der Waals surface area contributed by atoms with Crippen molar-refractivity contribution in [1.82, 2.24) is 19.9 Å². The Bertz CT molecular complexity index is 708. The lowest BCUT2D eigenvalue weighted by Gasteiger charge is -2.36. The number of aryl methyl sites for hydroxylation is 2. The van der Waals surface area contributed by atoms with Crippen molar-refractivity contribution in [2.45, 2.75) is 45.8 Å². The summed E-state index contributed by atoms with van der Waals surface area (Å²) in [4.78, 5) is 21.8. The van der Waals surface area contributed by atoms with Gasteiger partial charge in [-0.2, -0.15) is 0 Å². The van der Waals surface area contributed by atoms with E-state index in [0.717, 1.165) is 54.5 Å². The number of rotatable bonds is 4. The van der Waals surface area contributed by atoms with Gasteiger partial charge in [0, 0.05) is 36.3 Å². The highest BCUT2D eigenvalue weighted by Crippen LogP contribution is 2.32. The van der Waals surface area contributed by atoms with Crippen LogP contribution < -0.4 is 0 Å². The van der Waals surface area contributed by atoms with Gasteiger partial charge in [-0.1, -0.05) is 5.16 Å². The second-order valence-electron chi connectivity index (χ2n) is 6.82. The van der Waals surface area contributed by atoms with E-state index in [2.05, 4.69) is 19.9 Å². The summed E-state index contributed by atoms with van der Waals surface area (Å²) < 4.78 is 5.27. The van der Waals surface area contributed by atoms with Crippen LogP contribution in [0.3, 0.4) is 0 Å². The van der Waals surface area contributed by atoms with E-state index in [1.807, 2.05) is 25.4 Å². The summed E-state index contributed by atoms with van der Waals surface area (Å²) in [5, 5.41) is 7.16. The highest BCUT2D eigenvalue weighted by Gasteiger charge is 2.41. The van der Waals surface area contributed by atoms with E-state index in [9.17, 15) is 4.79 Å². The number of nitrogens with zero attached hydrogens (tertiary/aromatic N) is 4. The molecule has 0 spiro atoms. The van der Waals surface area contributed by atoms with Gasteiger partial charge in [-0.15, -0.1) is 11.3 Å². The number of carbonyl (C=O) groups excluding carboxylic acids is 1. The molecule has 5 rings (SSSR count). The van der Waals surface area contributed by atoms with Gasteiger partial charge in [-0.3, -0.25) is 9.69 Å². The van der Waals surface area contributed by atoms with Gasteiger partial charge >= 0.3 is 0 Å². The maximum atomic E-state index is 12.9. The molecule has 3 saturated heterocycles. The first-order valence-corrected chi connectivity index (χ1v) is 9.32. The molecule has 3 aliphatic heterocycles. The van der Waals surface area contributed by atoms with E-state index in [1.165, 1.54) is 0 Å². The SMILES string of the molecule is Cc1noc(C)c1CN1C(=O)[C@@H]2CC[C@H]1CN(Cc1nccs1)C2. The second-order valence-corrected chi connectivity index (χ2v) is 7.80. The van der Waals surface area contributed by atoms with Crippen LogP contribution >= 0.6 is 11.3 Å². The number of thiazole rings is 1. The molecule has 2 aromatic heterocycles. The van der Waals surface area contributed by atoms with Crippen LogP contribution in [0.25, 0.3) is 0 Å². The predicted molar refractivity (Wildman–Crippen MR) is 90.4 cm³/mol. The summed E-state index contributed by atoms with van der Waals surface area (Å²) in [5.41, 5.74) is 1.95. The van der Waals surface area contributed by atoms with Crippen LogP contribution in [-0.4, -0.2) is 45.0 Å². The molecule has 2 bridgehead atoms. The monoisotopic (exact) mass is 346 g/mol. The Morgan fingerprint density at radius 3 is 2.88 bits per heavy atom. The van der Waals surface area contributed by atoms with E-state index in [-0.39, 0.29) is 17.9 Å². The molecule has 7 heteroatoms. The average Bonchev–Trinajstić information content (AvgIpc) is 3.08. The zero-order valence-corrected chi connectivity index (χ0v) is 14.9. The van der Waals surface area contributed by atoms with Crippen molar-refractivity contribution in [1.29, 1.82) is 0 Å². The van der Waals surface area contributed by atoms with Gasteiger partial charge in [0.05, 0.1) is 24.7 Å². The molecule has 128 valence electrons. The molecule has 6 nitrogen and oxygen atoms in total. The van der Waals surface area contributed by atoms with E-state index >= 15 is 0 Å². The maximum absolute atomic E-state index is 12.9. The molecule has 0 N–H and O–H groups in total. The van der Waals surface area contributed by atoms with Crippen LogP contribution in [0.5, 0.6) is 0 Å². The van der Waals surface area contributed by atoms with Gasteiger partial charge in [-0.05, 0) is 26.7 Å². The quantitative estimate of drug-likeness (QED) is 0.850. The lowest BCUT2D eigenvalue weighted by Crippen LogP contribution is -2.47. The van der Waals surface area contributed by atoms with E-state index in [0.29, 0.717) is 6.54 Å². The summed E-state index contributed by atoms with van der Waals surface area (Å²) >= 11 is 1.68. The third kappa shape index (κ3) is 2.86. The van der Waals surface area contributed by atoms with Gasteiger partial charge in [0.2, 0.25) is 5.91 Å². The number of hydrogen-bond acceptors (Lipinski definition) is 6. The molecular formula is C17H22N4O2S. The Kier molecular flexibility index (Phi) is 4.14. The smallest absolute Gasteiger partial charge is 0.227 e. The zero-order valence-electron chi connectivity index (χ0n) is 14.1. The van der Waals surface area contributed by atoms with Crippen LogP contribution in [0, 0.1) is 19.8 Å². The minimum atomic E-state index is 0.101. The fraction of sp³-hybridized carbons (Fsp3) is 0.588. The fourth-order valence-corrected chi connectivity index (χ4v) is 4.54. The summed E-state index contributed by atoms with van der Waals surface area (Å²) in [6, 6.07) is 0.268. The Balaban J connectivity index is 1.53. The molecule has 0 aliphatic carbocycles. The van der Waals surface area contributed by atoms with Crippen LogP contribution in [0.4, 0.5) is 0 Å². The first kappa shape index (κ1) is 15.8. The fourth-order valence-electron chi connectivity index (χ4n) is 3.89. The van der Waals surface area contributed by atoms with Gasteiger partial charge in [0.1, 0.15) is 10.8 Å². The molecule has 3 aliphatic rings. The second kappa shape index (κ2) is 6.29. The highest BCUT2D eigenvalue weighted by atomic mass is 32.1. The zero-order chi connectivity index (χ0) is 16.7. The van der Waals surface area contributed by atoms with Gasteiger partial charge in [0.25, 0.3) is 0 Å². The van der Waals surface area contributed by atoms with Crippen molar-refractivity contribution in [3.05, 3.63) is 33.6 Å². The van der Waals surface area contributed by atoms with E-state index in [1.54, 1.807) is 11.3 Å². The average molecular weight is 346 g/mol. The van der Waals surface area contributed by atoms with Crippen molar-refractivity contribution < 1.29 is 9.32 Å². The van der Waals surface area contributed by atoms with Crippen LogP contribution in [-0.2, 0) is 17.9 Å². The Morgan fingerprint density at radius 2 is 2.17 bits per heavy atom. The molecule has 3 fully saturated rings.